The van der Waals surface area contributed by atoms with Crippen LogP contribution in [-0.2, 0) is 6.54 Å². The third-order valence-corrected chi connectivity index (χ3v) is 5.92. The quantitative estimate of drug-likeness (QED) is 0.831. The highest BCUT2D eigenvalue weighted by Crippen LogP contribution is 2.52. The molecule has 2 heterocycles. The van der Waals surface area contributed by atoms with Gasteiger partial charge in [0, 0.05) is 17.5 Å². The minimum absolute atomic E-state index is 0.446. The van der Waals surface area contributed by atoms with Gasteiger partial charge < -0.3 is 10.2 Å². The van der Waals surface area contributed by atoms with Gasteiger partial charge in [0.2, 0.25) is 0 Å². The van der Waals surface area contributed by atoms with Crippen LogP contribution in [0.2, 0.25) is 0 Å². The molecule has 1 aromatic heterocycles. The Morgan fingerprint density at radius 3 is 2.95 bits per heavy atom. The Labute approximate surface area is 131 Å². The molecule has 20 heavy (non-hydrogen) atoms. The molecule has 1 aliphatic carbocycles. The molecule has 2 atom stereocenters. The zero-order valence-corrected chi connectivity index (χ0v) is 14.2. The summed E-state index contributed by atoms with van der Waals surface area (Å²) in [7, 11) is 0. The van der Waals surface area contributed by atoms with Crippen molar-refractivity contribution in [2.45, 2.75) is 52.6 Å². The maximum atomic E-state index is 5.66. The zero-order chi connectivity index (χ0) is 14.4. The number of rotatable bonds is 2. The lowest BCUT2D eigenvalue weighted by Gasteiger charge is -2.39. The van der Waals surface area contributed by atoms with E-state index in [9.17, 15) is 0 Å². The van der Waals surface area contributed by atoms with Crippen LogP contribution in [0.15, 0.2) is 17.5 Å². The predicted molar refractivity (Wildman–Crippen MR) is 90.0 cm³/mol. The first-order valence-electron chi connectivity index (χ1n) is 7.44. The van der Waals surface area contributed by atoms with E-state index in [1.807, 2.05) is 0 Å². The number of nitrogens with zero attached hydrogens (tertiary/aromatic N) is 1. The zero-order valence-electron chi connectivity index (χ0n) is 12.6. The average molecular weight is 309 g/mol. The summed E-state index contributed by atoms with van der Waals surface area (Å²) in [6, 6.07) is 4.89. The fraction of sp³-hybridized carbons (Fsp3) is 0.688. The van der Waals surface area contributed by atoms with Gasteiger partial charge in [-0.05, 0) is 53.8 Å². The molecule has 110 valence electrons. The van der Waals surface area contributed by atoms with Crippen LogP contribution >= 0.6 is 23.6 Å². The van der Waals surface area contributed by atoms with Crippen molar-refractivity contribution in [2.24, 2.45) is 10.8 Å². The summed E-state index contributed by atoms with van der Waals surface area (Å²) in [6.07, 6.45) is 3.89. The van der Waals surface area contributed by atoms with Gasteiger partial charge in [-0.2, -0.15) is 0 Å². The summed E-state index contributed by atoms with van der Waals surface area (Å²) in [4.78, 5) is 3.80. The molecule has 2 fully saturated rings. The molecule has 0 radical (unpaired) electrons. The SMILES string of the molecule is CC1(C)C[C@@H]2C[C@](C)(CN2C(=S)NCc2cccs2)C1. The smallest absolute Gasteiger partial charge is 0.169 e. The molecule has 1 saturated carbocycles. The molecule has 0 aromatic carbocycles. The molecular formula is C16H24N2S2. The van der Waals surface area contributed by atoms with Crippen LogP contribution < -0.4 is 5.32 Å². The molecule has 1 N–H and O–H groups in total. The van der Waals surface area contributed by atoms with Gasteiger partial charge in [0.25, 0.3) is 0 Å². The Morgan fingerprint density at radius 1 is 1.45 bits per heavy atom. The van der Waals surface area contributed by atoms with E-state index in [0.29, 0.717) is 16.9 Å². The Kier molecular flexibility index (Phi) is 3.57. The lowest BCUT2D eigenvalue weighted by Crippen LogP contribution is -2.43. The van der Waals surface area contributed by atoms with Gasteiger partial charge in [-0.1, -0.05) is 26.8 Å². The van der Waals surface area contributed by atoms with Crippen LogP contribution in [0.1, 0.15) is 44.9 Å². The molecule has 1 aromatic rings. The summed E-state index contributed by atoms with van der Waals surface area (Å²) >= 11 is 7.44. The van der Waals surface area contributed by atoms with Gasteiger partial charge in [0.1, 0.15) is 0 Å². The van der Waals surface area contributed by atoms with Gasteiger partial charge in [0.15, 0.2) is 5.11 Å². The molecule has 3 rings (SSSR count). The number of likely N-dealkylation sites (tertiary alicyclic amines) is 1. The van der Waals surface area contributed by atoms with Crippen molar-refractivity contribution in [3.8, 4) is 0 Å². The van der Waals surface area contributed by atoms with E-state index in [4.69, 9.17) is 12.2 Å². The van der Waals surface area contributed by atoms with Gasteiger partial charge in [-0.3, -0.25) is 0 Å². The monoisotopic (exact) mass is 308 g/mol. The van der Waals surface area contributed by atoms with E-state index in [2.05, 4.69) is 48.5 Å². The molecule has 2 bridgehead atoms. The van der Waals surface area contributed by atoms with E-state index in [1.54, 1.807) is 11.3 Å². The Hall–Kier alpha value is -0.610. The summed E-state index contributed by atoms with van der Waals surface area (Å²) in [5.74, 6) is 0. The van der Waals surface area contributed by atoms with E-state index in [0.717, 1.165) is 18.2 Å². The first-order valence-corrected chi connectivity index (χ1v) is 8.73. The number of thiophene rings is 1. The van der Waals surface area contributed by atoms with Gasteiger partial charge in [-0.25, -0.2) is 0 Å². The molecule has 2 nitrogen and oxygen atoms in total. The molecule has 1 saturated heterocycles. The van der Waals surface area contributed by atoms with Gasteiger partial charge >= 0.3 is 0 Å². The number of hydrogen-bond donors (Lipinski definition) is 1. The summed E-state index contributed by atoms with van der Waals surface area (Å²) in [5.41, 5.74) is 0.900. The third kappa shape index (κ3) is 2.86. The average Bonchev–Trinajstić information content (AvgIpc) is 2.91. The highest BCUT2D eigenvalue weighted by molar-refractivity contribution is 7.80. The largest absolute Gasteiger partial charge is 0.358 e. The Morgan fingerprint density at radius 2 is 2.25 bits per heavy atom. The molecule has 4 heteroatoms. The van der Waals surface area contributed by atoms with Crippen molar-refractivity contribution >= 4 is 28.7 Å². The summed E-state index contributed by atoms with van der Waals surface area (Å²) in [5, 5.41) is 6.52. The molecule has 0 amide bonds. The van der Waals surface area contributed by atoms with E-state index < -0.39 is 0 Å². The third-order valence-electron chi connectivity index (χ3n) is 4.67. The minimum atomic E-state index is 0.446. The standard InChI is InChI=1S/C16H24N2S2/c1-15(2)7-12-8-16(3,10-15)11-18(12)14(19)17-9-13-5-4-6-20-13/h4-6,12H,7-11H2,1-3H3,(H,17,19)/t12-,16+/m1/s1. The van der Waals surface area contributed by atoms with Crippen LogP contribution in [-0.4, -0.2) is 22.6 Å². The van der Waals surface area contributed by atoms with Crippen molar-refractivity contribution in [3.05, 3.63) is 22.4 Å². The number of hydrogen-bond acceptors (Lipinski definition) is 2. The second-order valence-corrected chi connectivity index (χ2v) is 9.00. The normalized spacial score (nSPS) is 31.4. The van der Waals surface area contributed by atoms with Crippen LogP contribution in [0.25, 0.3) is 0 Å². The molecular weight excluding hydrogens is 284 g/mol. The first-order chi connectivity index (χ1) is 9.37. The van der Waals surface area contributed by atoms with Crippen molar-refractivity contribution in [3.63, 3.8) is 0 Å². The summed E-state index contributed by atoms with van der Waals surface area (Å²) in [6.45, 7) is 9.23. The van der Waals surface area contributed by atoms with Crippen LogP contribution in [0.3, 0.4) is 0 Å². The van der Waals surface area contributed by atoms with E-state index in [-0.39, 0.29) is 0 Å². The van der Waals surface area contributed by atoms with Gasteiger partial charge in [-0.15, -0.1) is 11.3 Å². The van der Waals surface area contributed by atoms with Crippen LogP contribution in [0.4, 0.5) is 0 Å². The number of nitrogens with one attached hydrogen (secondary N) is 1. The van der Waals surface area contributed by atoms with Crippen LogP contribution in [0, 0.1) is 10.8 Å². The van der Waals surface area contributed by atoms with Gasteiger partial charge in [0.05, 0.1) is 6.54 Å². The Bertz CT molecular complexity index is 495. The van der Waals surface area contributed by atoms with Crippen molar-refractivity contribution in [1.29, 1.82) is 0 Å². The molecule has 2 aliphatic rings. The lowest BCUT2D eigenvalue weighted by molar-refractivity contribution is 0.132. The fourth-order valence-corrected chi connectivity index (χ4v) is 5.31. The number of thiocarbonyl (C=S) groups is 1. The lowest BCUT2D eigenvalue weighted by atomic mass is 9.65. The van der Waals surface area contributed by atoms with Crippen molar-refractivity contribution in [2.75, 3.05) is 6.54 Å². The maximum Gasteiger partial charge on any atom is 0.169 e. The molecule has 0 spiro atoms. The highest BCUT2D eigenvalue weighted by Gasteiger charge is 2.50. The number of fused-ring (bicyclic) bond motifs is 2. The van der Waals surface area contributed by atoms with E-state index in [1.165, 1.54) is 24.1 Å². The first kappa shape index (κ1) is 14.3. The Balaban J connectivity index is 1.64. The van der Waals surface area contributed by atoms with E-state index >= 15 is 0 Å². The molecule has 0 unspecified atom stereocenters. The topological polar surface area (TPSA) is 15.3 Å². The second-order valence-electron chi connectivity index (χ2n) is 7.58. The molecule has 1 aliphatic heterocycles. The van der Waals surface area contributed by atoms with Crippen molar-refractivity contribution < 1.29 is 0 Å². The predicted octanol–water partition coefficient (Wildman–Crippen LogP) is 4.02. The maximum absolute atomic E-state index is 5.66. The highest BCUT2D eigenvalue weighted by atomic mass is 32.1. The van der Waals surface area contributed by atoms with Crippen molar-refractivity contribution in [1.82, 2.24) is 10.2 Å². The van der Waals surface area contributed by atoms with Crippen LogP contribution in [0.5, 0.6) is 0 Å². The fourth-order valence-electron chi connectivity index (χ4n) is 4.37. The minimum Gasteiger partial charge on any atom is -0.358 e. The summed E-state index contributed by atoms with van der Waals surface area (Å²) < 4.78 is 0. The second kappa shape index (κ2) is 4.99.